The molecule has 0 amide bonds. The van der Waals surface area contributed by atoms with Crippen LogP contribution in [0.15, 0.2) is 54.7 Å². The molecule has 2 aromatic carbocycles. The van der Waals surface area contributed by atoms with Gasteiger partial charge in [-0.25, -0.2) is 4.79 Å². The fourth-order valence-corrected chi connectivity index (χ4v) is 2.62. The molecule has 0 fully saturated rings. The molecule has 5 heteroatoms. The van der Waals surface area contributed by atoms with Crippen LogP contribution in [-0.4, -0.2) is 35.1 Å². The lowest BCUT2D eigenvalue weighted by atomic mass is 10.00. The highest BCUT2D eigenvalue weighted by Gasteiger charge is 2.18. The van der Waals surface area contributed by atoms with Crippen LogP contribution in [0.4, 0.5) is 0 Å². The van der Waals surface area contributed by atoms with Gasteiger partial charge in [0.1, 0.15) is 5.60 Å². The number of esters is 1. The van der Waals surface area contributed by atoms with Gasteiger partial charge < -0.3 is 9.84 Å². The van der Waals surface area contributed by atoms with Gasteiger partial charge in [-0.3, -0.25) is 9.78 Å². The monoisotopic (exact) mass is 365 g/mol. The summed E-state index contributed by atoms with van der Waals surface area (Å²) in [6.45, 7) is 5.52. The fourth-order valence-electron chi connectivity index (χ4n) is 2.62. The largest absolute Gasteiger partial charge is 0.456 e. The van der Waals surface area contributed by atoms with Gasteiger partial charge in [0, 0.05) is 24.3 Å². The highest BCUT2D eigenvalue weighted by molar-refractivity contribution is 5.98. The van der Waals surface area contributed by atoms with E-state index in [0.717, 1.165) is 35.4 Å². The molecule has 0 saturated heterocycles. The van der Waals surface area contributed by atoms with Crippen molar-refractivity contribution in [2.75, 3.05) is 7.11 Å². The number of aliphatic hydroxyl groups excluding tert-OH is 1. The summed E-state index contributed by atoms with van der Waals surface area (Å²) in [5, 5.41) is 7.81. The van der Waals surface area contributed by atoms with Gasteiger partial charge in [-0.05, 0) is 56.2 Å². The van der Waals surface area contributed by atoms with Crippen molar-refractivity contribution in [1.29, 1.82) is 0 Å². The van der Waals surface area contributed by atoms with E-state index in [-0.39, 0.29) is 5.97 Å². The Morgan fingerprint density at radius 2 is 1.74 bits per heavy atom. The molecule has 27 heavy (non-hydrogen) atoms. The molecule has 0 aliphatic carbocycles. The normalized spacial score (nSPS) is 10.7. The first kappa shape index (κ1) is 20.3. The third kappa shape index (κ3) is 4.99. The Morgan fingerprint density at radius 3 is 2.41 bits per heavy atom. The summed E-state index contributed by atoms with van der Waals surface area (Å²) in [7, 11) is 1.00. The number of nitrogens with zero attached hydrogens (tertiary/aromatic N) is 1. The number of fused-ring (bicyclic) bond motifs is 1. The van der Waals surface area contributed by atoms with Crippen LogP contribution in [-0.2, 0) is 4.74 Å². The first-order chi connectivity index (χ1) is 12.9. The van der Waals surface area contributed by atoms with Gasteiger partial charge >= 0.3 is 5.97 Å². The van der Waals surface area contributed by atoms with E-state index < -0.39 is 5.60 Å². The number of pyridine rings is 1. The topological polar surface area (TPSA) is 76.5 Å². The molecule has 0 bridgehead atoms. The summed E-state index contributed by atoms with van der Waals surface area (Å²) in [6.07, 6.45) is 2.44. The summed E-state index contributed by atoms with van der Waals surface area (Å²) in [5.74, 6) is -0.350. The zero-order chi connectivity index (χ0) is 20.0. The van der Waals surface area contributed by atoms with Crippen LogP contribution in [0, 0.1) is 0 Å². The Kier molecular flexibility index (Phi) is 6.42. The lowest BCUT2D eigenvalue weighted by Gasteiger charge is -2.19. The summed E-state index contributed by atoms with van der Waals surface area (Å²) < 4.78 is 5.43. The number of aromatic nitrogens is 1. The van der Waals surface area contributed by atoms with Crippen LogP contribution in [0.1, 0.15) is 41.5 Å². The van der Waals surface area contributed by atoms with E-state index in [0.29, 0.717) is 11.1 Å². The maximum atomic E-state index is 12.3. The Balaban J connectivity index is 0.00000126. The Bertz CT molecular complexity index is 958. The summed E-state index contributed by atoms with van der Waals surface area (Å²) >= 11 is 0. The van der Waals surface area contributed by atoms with Gasteiger partial charge in [-0.15, -0.1) is 0 Å². The molecule has 3 aromatic rings. The molecule has 5 nitrogen and oxygen atoms in total. The van der Waals surface area contributed by atoms with Crippen molar-refractivity contribution in [3.05, 3.63) is 65.9 Å². The van der Waals surface area contributed by atoms with Crippen molar-refractivity contribution in [3.63, 3.8) is 0 Å². The van der Waals surface area contributed by atoms with Crippen LogP contribution in [0.25, 0.3) is 22.0 Å². The van der Waals surface area contributed by atoms with Crippen molar-refractivity contribution >= 4 is 23.2 Å². The molecule has 140 valence electrons. The number of hydrogen-bond donors (Lipinski definition) is 1. The molecule has 3 rings (SSSR count). The minimum Gasteiger partial charge on any atom is -0.456 e. The van der Waals surface area contributed by atoms with Crippen molar-refractivity contribution in [2.45, 2.75) is 26.4 Å². The van der Waals surface area contributed by atoms with Crippen LogP contribution in [0.3, 0.4) is 0 Å². The van der Waals surface area contributed by atoms with E-state index >= 15 is 0 Å². The fraction of sp³-hybridized carbons (Fsp3) is 0.227. The number of carbonyl (C=O) groups is 2. The van der Waals surface area contributed by atoms with E-state index in [4.69, 9.17) is 9.84 Å². The first-order valence-electron chi connectivity index (χ1n) is 8.50. The third-order valence-corrected chi connectivity index (χ3v) is 3.73. The van der Waals surface area contributed by atoms with Gasteiger partial charge in [0.05, 0.1) is 11.1 Å². The average Bonchev–Trinajstić information content (AvgIpc) is 2.67. The molecular formula is C22H23NO4. The van der Waals surface area contributed by atoms with Crippen molar-refractivity contribution in [2.24, 2.45) is 0 Å². The lowest BCUT2D eigenvalue weighted by Crippen LogP contribution is -2.23. The second kappa shape index (κ2) is 8.56. The minimum absolute atomic E-state index is 0.350. The Hall–Kier alpha value is -3.05. The number of aliphatic hydroxyl groups is 1. The highest BCUT2D eigenvalue weighted by atomic mass is 16.6. The molecule has 1 N–H and O–H groups in total. The summed E-state index contributed by atoms with van der Waals surface area (Å²) in [4.78, 5) is 27.7. The molecule has 0 spiro atoms. The maximum Gasteiger partial charge on any atom is 0.338 e. The number of rotatable bonds is 3. The SMILES string of the molecule is CC(C)(C)OC(=O)c1cccc(-c2ccc3c(C=O)ccnc3c2)c1.CO. The van der Waals surface area contributed by atoms with Crippen molar-refractivity contribution in [1.82, 2.24) is 4.98 Å². The number of aldehydes is 1. The van der Waals surface area contributed by atoms with Gasteiger partial charge in [-0.1, -0.05) is 24.3 Å². The van der Waals surface area contributed by atoms with Crippen LogP contribution < -0.4 is 0 Å². The zero-order valence-corrected chi connectivity index (χ0v) is 15.9. The predicted molar refractivity (Wildman–Crippen MR) is 106 cm³/mol. The van der Waals surface area contributed by atoms with Gasteiger partial charge in [-0.2, -0.15) is 0 Å². The Morgan fingerprint density at radius 1 is 1.04 bits per heavy atom. The van der Waals surface area contributed by atoms with Crippen molar-refractivity contribution < 1.29 is 19.4 Å². The quantitative estimate of drug-likeness (QED) is 0.554. The van der Waals surface area contributed by atoms with Gasteiger partial charge in [0.2, 0.25) is 0 Å². The molecule has 0 aliphatic heterocycles. The number of benzene rings is 2. The maximum absolute atomic E-state index is 12.3. The summed E-state index contributed by atoms with van der Waals surface area (Å²) in [6, 6.07) is 14.7. The molecule has 0 atom stereocenters. The molecular weight excluding hydrogens is 342 g/mol. The number of ether oxygens (including phenoxy) is 1. The number of hydrogen-bond acceptors (Lipinski definition) is 5. The van der Waals surface area contributed by atoms with Crippen LogP contribution in [0.5, 0.6) is 0 Å². The first-order valence-corrected chi connectivity index (χ1v) is 8.50. The van der Waals surface area contributed by atoms with Crippen molar-refractivity contribution in [3.8, 4) is 11.1 Å². The predicted octanol–water partition coefficient (Wildman–Crippen LogP) is 4.28. The van der Waals surface area contributed by atoms with Gasteiger partial charge in [0.25, 0.3) is 0 Å². The summed E-state index contributed by atoms with van der Waals surface area (Å²) in [5.41, 5.74) is 3.13. The van der Waals surface area contributed by atoms with E-state index in [1.807, 2.05) is 51.1 Å². The molecule has 0 saturated carbocycles. The molecule has 0 aliphatic rings. The highest BCUT2D eigenvalue weighted by Crippen LogP contribution is 2.26. The van der Waals surface area contributed by atoms with E-state index in [9.17, 15) is 9.59 Å². The smallest absolute Gasteiger partial charge is 0.338 e. The van der Waals surface area contributed by atoms with Crippen LogP contribution >= 0.6 is 0 Å². The number of carbonyl (C=O) groups excluding carboxylic acids is 2. The average molecular weight is 365 g/mol. The van der Waals surface area contributed by atoms with Gasteiger partial charge in [0.15, 0.2) is 6.29 Å². The van der Waals surface area contributed by atoms with E-state index in [1.165, 1.54) is 0 Å². The second-order valence-electron chi connectivity index (χ2n) is 6.83. The lowest BCUT2D eigenvalue weighted by molar-refractivity contribution is 0.00695. The minimum atomic E-state index is -0.537. The molecule has 1 heterocycles. The third-order valence-electron chi connectivity index (χ3n) is 3.73. The van der Waals surface area contributed by atoms with E-state index in [2.05, 4.69) is 4.98 Å². The van der Waals surface area contributed by atoms with Crippen LogP contribution in [0.2, 0.25) is 0 Å². The second-order valence-corrected chi connectivity index (χ2v) is 6.83. The molecule has 1 aromatic heterocycles. The Labute approximate surface area is 158 Å². The standard InChI is InChI=1S/C21H19NO3.CH4O/c1-21(2,3)25-20(24)16-6-4-5-14(11-16)15-7-8-18-17(13-23)9-10-22-19(18)12-15;1-2/h4-13H,1-3H3;2H,1H3. The molecule has 0 unspecified atom stereocenters. The zero-order valence-electron chi connectivity index (χ0n) is 15.9. The van der Waals surface area contributed by atoms with E-state index in [1.54, 1.807) is 24.4 Å². The molecule has 0 radical (unpaired) electrons.